The van der Waals surface area contributed by atoms with Crippen molar-refractivity contribution in [1.29, 1.82) is 0 Å². The monoisotopic (exact) mass is 200 g/mol. The highest BCUT2D eigenvalue weighted by molar-refractivity contribution is 5.90. The molecule has 15 heavy (non-hydrogen) atoms. The minimum absolute atomic E-state index is 0.484. The van der Waals surface area contributed by atoms with E-state index in [4.69, 9.17) is 0 Å². The molecule has 0 fully saturated rings. The zero-order chi connectivity index (χ0) is 10.7. The van der Waals surface area contributed by atoms with Crippen LogP contribution in [0.2, 0.25) is 0 Å². The molecule has 0 bridgehead atoms. The lowest BCUT2D eigenvalue weighted by atomic mass is 10.1. The van der Waals surface area contributed by atoms with Crippen molar-refractivity contribution in [2.45, 2.75) is 26.3 Å². The van der Waals surface area contributed by atoms with Gasteiger partial charge in [0, 0.05) is 17.6 Å². The smallest absolute Gasteiger partial charge is 0.0933 e. The Balaban J connectivity index is 2.42. The predicted molar refractivity (Wildman–Crippen MR) is 65.1 cm³/mol. The van der Waals surface area contributed by atoms with E-state index in [1.165, 1.54) is 5.39 Å². The number of hydrogen-bond acceptors (Lipinski definition) is 2. The molecule has 0 amide bonds. The summed E-state index contributed by atoms with van der Waals surface area (Å²) in [5, 5.41) is 4.66. The first kappa shape index (κ1) is 9.97. The molecule has 1 aromatic heterocycles. The Kier molecular flexibility index (Phi) is 2.86. The summed E-state index contributed by atoms with van der Waals surface area (Å²) in [7, 11) is 0. The Labute approximate surface area is 90.3 Å². The van der Waals surface area contributed by atoms with Crippen molar-refractivity contribution < 1.29 is 0 Å². The van der Waals surface area contributed by atoms with Gasteiger partial charge in [-0.3, -0.25) is 4.98 Å². The maximum Gasteiger partial charge on any atom is 0.0933 e. The molecular formula is C13H16N2. The second-order valence-corrected chi connectivity index (χ2v) is 3.83. The molecule has 2 aromatic rings. The molecule has 2 heteroatoms. The van der Waals surface area contributed by atoms with Gasteiger partial charge >= 0.3 is 0 Å². The fourth-order valence-electron chi connectivity index (χ4n) is 1.59. The molecule has 1 N–H and O–H groups in total. The number of anilines is 1. The van der Waals surface area contributed by atoms with Crippen LogP contribution in [0.3, 0.4) is 0 Å². The van der Waals surface area contributed by atoms with Gasteiger partial charge in [0.2, 0.25) is 0 Å². The first-order valence-corrected chi connectivity index (χ1v) is 5.41. The third-order valence-electron chi connectivity index (χ3n) is 2.65. The zero-order valence-corrected chi connectivity index (χ0v) is 9.20. The number of nitrogens with one attached hydrogen (secondary N) is 1. The third-order valence-corrected chi connectivity index (χ3v) is 2.65. The normalized spacial score (nSPS) is 12.7. The molecule has 0 saturated heterocycles. The van der Waals surface area contributed by atoms with Crippen LogP contribution >= 0.6 is 0 Å². The van der Waals surface area contributed by atoms with Crippen molar-refractivity contribution in [1.82, 2.24) is 4.98 Å². The van der Waals surface area contributed by atoms with Gasteiger partial charge in [-0.15, -0.1) is 0 Å². The molecule has 2 rings (SSSR count). The number of benzene rings is 1. The fraction of sp³-hybridized carbons (Fsp3) is 0.308. The first-order valence-electron chi connectivity index (χ1n) is 5.41. The molecule has 0 unspecified atom stereocenters. The Morgan fingerprint density at radius 1 is 1.27 bits per heavy atom. The predicted octanol–water partition coefficient (Wildman–Crippen LogP) is 3.45. The lowest BCUT2D eigenvalue weighted by Crippen LogP contribution is -2.13. The van der Waals surface area contributed by atoms with Gasteiger partial charge in [-0.25, -0.2) is 0 Å². The van der Waals surface area contributed by atoms with Crippen molar-refractivity contribution >= 4 is 16.6 Å². The van der Waals surface area contributed by atoms with Crippen LogP contribution in [0.4, 0.5) is 5.69 Å². The van der Waals surface area contributed by atoms with Crippen molar-refractivity contribution in [3.05, 3.63) is 36.5 Å². The van der Waals surface area contributed by atoms with Crippen molar-refractivity contribution in [2.75, 3.05) is 5.32 Å². The Morgan fingerprint density at radius 2 is 2.07 bits per heavy atom. The number of nitrogens with zero attached hydrogens (tertiary/aromatic N) is 1. The highest BCUT2D eigenvalue weighted by atomic mass is 14.9. The van der Waals surface area contributed by atoms with Gasteiger partial charge < -0.3 is 5.32 Å². The van der Waals surface area contributed by atoms with E-state index < -0.39 is 0 Å². The number of rotatable bonds is 3. The van der Waals surface area contributed by atoms with Crippen LogP contribution in [0, 0.1) is 0 Å². The van der Waals surface area contributed by atoms with E-state index in [-0.39, 0.29) is 0 Å². The first-order chi connectivity index (χ1) is 7.31. The molecule has 0 aliphatic rings. The van der Waals surface area contributed by atoms with E-state index in [2.05, 4.69) is 48.4 Å². The number of para-hydroxylation sites is 1. The standard InChI is InChI=1S/C13H16N2/c1-3-10(2)15-12-8-4-6-11-7-5-9-14-13(11)12/h4-10,15H,3H2,1-2H3/t10-/m0/s1. The van der Waals surface area contributed by atoms with E-state index in [9.17, 15) is 0 Å². The van der Waals surface area contributed by atoms with Gasteiger partial charge in [-0.05, 0) is 25.5 Å². The largest absolute Gasteiger partial charge is 0.381 e. The minimum atomic E-state index is 0.484. The topological polar surface area (TPSA) is 24.9 Å². The maximum absolute atomic E-state index is 4.41. The Hall–Kier alpha value is -1.57. The summed E-state index contributed by atoms with van der Waals surface area (Å²) in [5.74, 6) is 0. The van der Waals surface area contributed by atoms with E-state index in [0.29, 0.717) is 6.04 Å². The lowest BCUT2D eigenvalue weighted by molar-refractivity contribution is 0.765. The Bertz CT molecular complexity index is 446. The second-order valence-electron chi connectivity index (χ2n) is 3.83. The molecule has 0 aliphatic heterocycles. The molecular weight excluding hydrogens is 184 g/mol. The molecule has 78 valence electrons. The number of pyridine rings is 1. The second kappa shape index (κ2) is 4.30. The molecule has 0 saturated carbocycles. The highest BCUT2D eigenvalue weighted by Crippen LogP contribution is 2.21. The minimum Gasteiger partial charge on any atom is -0.381 e. The summed E-state index contributed by atoms with van der Waals surface area (Å²) in [6.07, 6.45) is 2.95. The summed E-state index contributed by atoms with van der Waals surface area (Å²) in [5.41, 5.74) is 2.18. The molecule has 1 aromatic carbocycles. The SMILES string of the molecule is CC[C@H](C)Nc1cccc2cccnc12. The van der Waals surface area contributed by atoms with Crippen molar-refractivity contribution in [3.8, 4) is 0 Å². The molecule has 0 aliphatic carbocycles. The van der Waals surface area contributed by atoms with Crippen LogP contribution in [-0.2, 0) is 0 Å². The van der Waals surface area contributed by atoms with Crippen LogP contribution in [0.5, 0.6) is 0 Å². The quantitative estimate of drug-likeness (QED) is 0.820. The summed E-state index contributed by atoms with van der Waals surface area (Å²) in [6.45, 7) is 4.36. The summed E-state index contributed by atoms with van der Waals surface area (Å²) < 4.78 is 0. The fourth-order valence-corrected chi connectivity index (χ4v) is 1.59. The van der Waals surface area contributed by atoms with Gasteiger partial charge in [0.25, 0.3) is 0 Å². The van der Waals surface area contributed by atoms with Gasteiger partial charge in [0.05, 0.1) is 11.2 Å². The Morgan fingerprint density at radius 3 is 2.87 bits per heavy atom. The summed E-state index contributed by atoms with van der Waals surface area (Å²) in [6, 6.07) is 10.8. The van der Waals surface area contributed by atoms with Crippen LogP contribution < -0.4 is 5.32 Å². The number of fused-ring (bicyclic) bond motifs is 1. The van der Waals surface area contributed by atoms with E-state index in [1.54, 1.807) is 0 Å². The molecule has 2 nitrogen and oxygen atoms in total. The van der Waals surface area contributed by atoms with Crippen LogP contribution in [-0.4, -0.2) is 11.0 Å². The number of aromatic nitrogens is 1. The van der Waals surface area contributed by atoms with Crippen LogP contribution in [0.25, 0.3) is 10.9 Å². The lowest BCUT2D eigenvalue weighted by Gasteiger charge is -2.14. The van der Waals surface area contributed by atoms with Crippen molar-refractivity contribution in [2.24, 2.45) is 0 Å². The zero-order valence-electron chi connectivity index (χ0n) is 9.20. The average molecular weight is 200 g/mol. The van der Waals surface area contributed by atoms with E-state index >= 15 is 0 Å². The van der Waals surface area contributed by atoms with Gasteiger partial charge in [-0.2, -0.15) is 0 Å². The third kappa shape index (κ3) is 2.09. The maximum atomic E-state index is 4.41. The van der Waals surface area contributed by atoms with Gasteiger partial charge in [0.1, 0.15) is 0 Å². The average Bonchev–Trinajstić information content (AvgIpc) is 2.29. The van der Waals surface area contributed by atoms with Crippen LogP contribution in [0.1, 0.15) is 20.3 Å². The van der Waals surface area contributed by atoms with Crippen molar-refractivity contribution in [3.63, 3.8) is 0 Å². The molecule has 1 atom stereocenters. The van der Waals surface area contributed by atoms with E-state index in [0.717, 1.165) is 17.6 Å². The van der Waals surface area contributed by atoms with Gasteiger partial charge in [0.15, 0.2) is 0 Å². The number of hydrogen-bond donors (Lipinski definition) is 1. The van der Waals surface area contributed by atoms with E-state index in [1.807, 2.05) is 12.3 Å². The van der Waals surface area contributed by atoms with Gasteiger partial charge in [-0.1, -0.05) is 25.1 Å². The summed E-state index contributed by atoms with van der Waals surface area (Å²) in [4.78, 5) is 4.41. The highest BCUT2D eigenvalue weighted by Gasteiger charge is 2.03. The molecule has 1 heterocycles. The summed E-state index contributed by atoms with van der Waals surface area (Å²) >= 11 is 0. The van der Waals surface area contributed by atoms with Crippen LogP contribution in [0.15, 0.2) is 36.5 Å². The molecule has 0 radical (unpaired) electrons. The molecule has 0 spiro atoms.